The average molecular weight is 212 g/mol. The number of hydrogen-bond donors (Lipinski definition) is 1. The Bertz CT molecular complexity index is 271. The molecule has 0 bridgehead atoms. The summed E-state index contributed by atoms with van der Waals surface area (Å²) in [6.45, 7) is 0.785. The molecule has 0 saturated heterocycles. The molecule has 0 aliphatic heterocycles. The van der Waals surface area contributed by atoms with Crippen LogP contribution in [0, 0.1) is 5.82 Å². The topological polar surface area (TPSA) is 29.5 Å². The molecule has 2 nitrogen and oxygen atoms in total. The van der Waals surface area contributed by atoms with Gasteiger partial charge in [-0.25, -0.2) is 4.39 Å². The normalized spacial score (nSPS) is 12.7. The van der Waals surface area contributed by atoms with E-state index in [0.717, 1.165) is 18.4 Å². The SMILES string of the molecule is COCC(CCCO)c1ccc(F)cc1. The van der Waals surface area contributed by atoms with E-state index in [0.29, 0.717) is 6.61 Å². The van der Waals surface area contributed by atoms with Gasteiger partial charge in [-0.3, -0.25) is 0 Å². The van der Waals surface area contributed by atoms with Crippen LogP contribution in [0.5, 0.6) is 0 Å². The third-order valence-electron chi connectivity index (χ3n) is 2.42. The van der Waals surface area contributed by atoms with Crippen molar-refractivity contribution in [2.45, 2.75) is 18.8 Å². The number of rotatable bonds is 6. The van der Waals surface area contributed by atoms with Crippen LogP contribution in [0.15, 0.2) is 24.3 Å². The van der Waals surface area contributed by atoms with Gasteiger partial charge in [-0.1, -0.05) is 12.1 Å². The number of ether oxygens (including phenoxy) is 1. The molecule has 0 fully saturated rings. The van der Waals surface area contributed by atoms with Crippen molar-refractivity contribution in [1.29, 1.82) is 0 Å². The highest BCUT2D eigenvalue weighted by Crippen LogP contribution is 2.21. The van der Waals surface area contributed by atoms with Crippen LogP contribution >= 0.6 is 0 Å². The van der Waals surface area contributed by atoms with Crippen molar-refractivity contribution in [3.05, 3.63) is 35.6 Å². The van der Waals surface area contributed by atoms with Crippen LogP contribution in [0.1, 0.15) is 24.3 Å². The van der Waals surface area contributed by atoms with Crippen LogP contribution in [0.25, 0.3) is 0 Å². The van der Waals surface area contributed by atoms with Crippen LogP contribution in [-0.4, -0.2) is 25.4 Å². The summed E-state index contributed by atoms with van der Waals surface area (Å²) in [4.78, 5) is 0. The van der Waals surface area contributed by atoms with Crippen molar-refractivity contribution < 1.29 is 14.2 Å². The molecule has 0 heterocycles. The summed E-state index contributed by atoms with van der Waals surface area (Å²) in [7, 11) is 1.65. The van der Waals surface area contributed by atoms with Gasteiger partial charge in [0.1, 0.15) is 5.82 Å². The molecule has 1 atom stereocenters. The third kappa shape index (κ3) is 3.98. The first-order chi connectivity index (χ1) is 7.27. The summed E-state index contributed by atoms with van der Waals surface area (Å²) in [5.41, 5.74) is 1.06. The van der Waals surface area contributed by atoms with Crippen LogP contribution in [-0.2, 0) is 4.74 Å². The van der Waals surface area contributed by atoms with Crippen molar-refractivity contribution in [2.24, 2.45) is 0 Å². The number of halogens is 1. The average Bonchev–Trinajstić information content (AvgIpc) is 2.25. The Balaban J connectivity index is 2.65. The van der Waals surface area contributed by atoms with E-state index in [9.17, 15) is 4.39 Å². The highest BCUT2D eigenvalue weighted by Gasteiger charge is 2.10. The van der Waals surface area contributed by atoms with Crippen LogP contribution < -0.4 is 0 Å². The van der Waals surface area contributed by atoms with Crippen molar-refractivity contribution in [3.8, 4) is 0 Å². The van der Waals surface area contributed by atoms with Crippen molar-refractivity contribution in [3.63, 3.8) is 0 Å². The summed E-state index contributed by atoms with van der Waals surface area (Å²) in [6.07, 6.45) is 1.60. The van der Waals surface area contributed by atoms with Crippen LogP contribution in [0.3, 0.4) is 0 Å². The maximum atomic E-state index is 12.7. The van der Waals surface area contributed by atoms with Crippen molar-refractivity contribution in [2.75, 3.05) is 20.3 Å². The molecule has 0 saturated carbocycles. The van der Waals surface area contributed by atoms with Crippen LogP contribution in [0.4, 0.5) is 4.39 Å². The lowest BCUT2D eigenvalue weighted by atomic mass is 9.95. The first-order valence-electron chi connectivity index (χ1n) is 5.13. The summed E-state index contributed by atoms with van der Waals surface area (Å²) >= 11 is 0. The third-order valence-corrected chi connectivity index (χ3v) is 2.42. The first kappa shape index (κ1) is 12.1. The van der Waals surface area contributed by atoms with E-state index in [2.05, 4.69) is 0 Å². The van der Waals surface area contributed by atoms with Gasteiger partial charge >= 0.3 is 0 Å². The minimum Gasteiger partial charge on any atom is -0.396 e. The Kier molecular flexibility index (Phi) is 5.29. The molecule has 1 N–H and O–H groups in total. The summed E-state index contributed by atoms with van der Waals surface area (Å²) < 4.78 is 17.8. The zero-order valence-electron chi connectivity index (χ0n) is 8.95. The molecule has 0 aliphatic carbocycles. The van der Waals surface area contributed by atoms with E-state index < -0.39 is 0 Å². The number of hydrogen-bond acceptors (Lipinski definition) is 2. The molecule has 0 aliphatic rings. The predicted octanol–water partition coefficient (Wildman–Crippen LogP) is 2.33. The lowest BCUT2D eigenvalue weighted by Gasteiger charge is -2.15. The Morgan fingerprint density at radius 2 is 2.00 bits per heavy atom. The second kappa shape index (κ2) is 6.53. The molecule has 0 radical (unpaired) electrons. The van der Waals surface area contributed by atoms with E-state index in [4.69, 9.17) is 9.84 Å². The van der Waals surface area contributed by atoms with Gasteiger partial charge in [0.2, 0.25) is 0 Å². The summed E-state index contributed by atoms with van der Waals surface area (Å²) in [5.74, 6) is 0.0137. The Morgan fingerprint density at radius 3 is 2.53 bits per heavy atom. The highest BCUT2D eigenvalue weighted by atomic mass is 19.1. The minimum absolute atomic E-state index is 0.182. The monoisotopic (exact) mass is 212 g/mol. The zero-order chi connectivity index (χ0) is 11.1. The van der Waals surface area contributed by atoms with Crippen molar-refractivity contribution >= 4 is 0 Å². The van der Waals surface area contributed by atoms with Gasteiger partial charge in [-0.2, -0.15) is 0 Å². The molecule has 0 aromatic heterocycles. The Morgan fingerprint density at radius 1 is 1.33 bits per heavy atom. The van der Waals surface area contributed by atoms with Gasteiger partial charge in [0.25, 0.3) is 0 Å². The predicted molar refractivity (Wildman–Crippen MR) is 57.3 cm³/mol. The van der Waals surface area contributed by atoms with Gasteiger partial charge in [0.15, 0.2) is 0 Å². The Hall–Kier alpha value is -0.930. The molecular formula is C12H17FO2. The maximum absolute atomic E-state index is 12.7. The second-order valence-corrected chi connectivity index (χ2v) is 3.57. The zero-order valence-corrected chi connectivity index (χ0v) is 8.95. The van der Waals surface area contributed by atoms with Crippen LogP contribution in [0.2, 0.25) is 0 Å². The van der Waals surface area contributed by atoms with Gasteiger partial charge in [-0.15, -0.1) is 0 Å². The smallest absolute Gasteiger partial charge is 0.123 e. The second-order valence-electron chi connectivity index (χ2n) is 3.57. The molecule has 1 aromatic rings. The molecule has 0 amide bonds. The van der Waals surface area contributed by atoms with Gasteiger partial charge in [0, 0.05) is 19.6 Å². The minimum atomic E-state index is -0.225. The van der Waals surface area contributed by atoms with E-state index >= 15 is 0 Å². The van der Waals surface area contributed by atoms with E-state index in [1.807, 2.05) is 0 Å². The lowest BCUT2D eigenvalue weighted by molar-refractivity contribution is 0.170. The molecule has 84 valence electrons. The molecule has 0 spiro atoms. The number of benzene rings is 1. The van der Waals surface area contributed by atoms with Crippen molar-refractivity contribution in [1.82, 2.24) is 0 Å². The quantitative estimate of drug-likeness (QED) is 0.784. The molecule has 1 rings (SSSR count). The van der Waals surface area contributed by atoms with Gasteiger partial charge in [-0.05, 0) is 30.5 Å². The maximum Gasteiger partial charge on any atom is 0.123 e. The van der Waals surface area contributed by atoms with Gasteiger partial charge < -0.3 is 9.84 Å². The molecule has 3 heteroatoms. The highest BCUT2D eigenvalue weighted by molar-refractivity contribution is 5.20. The molecule has 15 heavy (non-hydrogen) atoms. The van der Waals surface area contributed by atoms with E-state index in [-0.39, 0.29) is 18.3 Å². The van der Waals surface area contributed by atoms with Gasteiger partial charge in [0.05, 0.1) is 6.61 Å². The fourth-order valence-corrected chi connectivity index (χ4v) is 1.62. The first-order valence-corrected chi connectivity index (χ1v) is 5.13. The number of methoxy groups -OCH3 is 1. The number of aliphatic hydroxyl groups excluding tert-OH is 1. The molecular weight excluding hydrogens is 195 g/mol. The lowest BCUT2D eigenvalue weighted by Crippen LogP contribution is -2.07. The summed E-state index contributed by atoms with van der Waals surface area (Å²) in [6, 6.07) is 6.46. The van der Waals surface area contributed by atoms with E-state index in [1.165, 1.54) is 12.1 Å². The molecule has 1 aromatic carbocycles. The largest absolute Gasteiger partial charge is 0.396 e. The number of aliphatic hydroxyl groups is 1. The fourth-order valence-electron chi connectivity index (χ4n) is 1.62. The fraction of sp³-hybridized carbons (Fsp3) is 0.500. The Labute approximate surface area is 89.7 Å². The molecule has 1 unspecified atom stereocenters. The standard InChI is InChI=1S/C12H17FO2/c1-15-9-11(3-2-8-14)10-4-6-12(13)7-5-10/h4-7,11,14H,2-3,8-9H2,1H3. The summed E-state index contributed by atoms with van der Waals surface area (Å²) in [5, 5.41) is 8.77. The van der Waals surface area contributed by atoms with E-state index in [1.54, 1.807) is 19.2 Å².